The second kappa shape index (κ2) is 8.08. The van der Waals surface area contributed by atoms with Gasteiger partial charge in [-0.25, -0.2) is 4.98 Å². The molecule has 25 heavy (non-hydrogen) atoms. The summed E-state index contributed by atoms with van der Waals surface area (Å²) in [5.74, 6) is -1.02. The molecule has 0 spiro atoms. The van der Waals surface area contributed by atoms with Crippen LogP contribution in [0.2, 0.25) is 0 Å². The van der Waals surface area contributed by atoms with E-state index in [2.05, 4.69) is 15.3 Å². The van der Waals surface area contributed by atoms with Crippen molar-refractivity contribution in [2.75, 3.05) is 13.2 Å². The Morgan fingerprint density at radius 1 is 1.44 bits per heavy atom. The number of aromatic nitrogens is 2. The standard InChI is InChI=1S/C17H18N4O4/c1-10-4-5-14-11(7-10)17(25)21-16(20-14)12(8-18)13(3-2-6-22)19-9-15(23)24/h4-5,7,19,22H,2-3,6,9H2,1H3,(H,23,24)(H,20,21,25)/b13-12-. The van der Waals surface area contributed by atoms with Gasteiger partial charge in [0, 0.05) is 12.3 Å². The van der Waals surface area contributed by atoms with Crippen molar-refractivity contribution in [1.82, 2.24) is 15.3 Å². The fourth-order valence-corrected chi connectivity index (χ4v) is 2.37. The number of aryl methyl sites for hydroxylation is 1. The monoisotopic (exact) mass is 342 g/mol. The second-order valence-corrected chi connectivity index (χ2v) is 5.47. The molecule has 0 aliphatic carbocycles. The summed E-state index contributed by atoms with van der Waals surface area (Å²) >= 11 is 0. The third-order valence-electron chi connectivity index (χ3n) is 3.55. The molecule has 0 aliphatic rings. The predicted octanol–water partition coefficient (Wildman–Crippen LogP) is 0.913. The zero-order valence-electron chi connectivity index (χ0n) is 13.7. The second-order valence-electron chi connectivity index (χ2n) is 5.47. The van der Waals surface area contributed by atoms with Crippen LogP contribution in [-0.2, 0) is 4.79 Å². The van der Waals surface area contributed by atoms with Gasteiger partial charge >= 0.3 is 5.97 Å². The molecular weight excluding hydrogens is 324 g/mol. The molecule has 2 rings (SSSR count). The Kier molecular flexibility index (Phi) is 5.87. The van der Waals surface area contributed by atoms with Gasteiger partial charge in [-0.1, -0.05) is 11.6 Å². The summed E-state index contributed by atoms with van der Waals surface area (Å²) in [5, 5.41) is 30.4. The van der Waals surface area contributed by atoms with Crippen LogP contribution in [0.4, 0.5) is 0 Å². The molecule has 0 atom stereocenters. The van der Waals surface area contributed by atoms with Gasteiger partial charge in [-0.3, -0.25) is 9.59 Å². The first kappa shape index (κ1) is 18.2. The van der Waals surface area contributed by atoms with Crippen molar-refractivity contribution in [2.45, 2.75) is 19.8 Å². The summed E-state index contributed by atoms with van der Waals surface area (Å²) < 4.78 is 0. The third kappa shape index (κ3) is 4.43. The van der Waals surface area contributed by atoms with Crippen LogP contribution in [0.15, 0.2) is 28.7 Å². The van der Waals surface area contributed by atoms with Gasteiger partial charge < -0.3 is 20.5 Å². The van der Waals surface area contributed by atoms with Crippen LogP contribution in [0, 0.1) is 18.3 Å². The molecule has 2 aromatic rings. The Morgan fingerprint density at radius 2 is 2.20 bits per heavy atom. The lowest BCUT2D eigenvalue weighted by Gasteiger charge is -2.12. The van der Waals surface area contributed by atoms with Crippen LogP contribution >= 0.6 is 0 Å². The van der Waals surface area contributed by atoms with E-state index in [9.17, 15) is 14.9 Å². The molecule has 1 aromatic heterocycles. The molecule has 8 heteroatoms. The molecule has 0 bridgehead atoms. The minimum Gasteiger partial charge on any atom is -0.480 e. The first-order valence-corrected chi connectivity index (χ1v) is 7.67. The number of nitriles is 1. The summed E-state index contributed by atoms with van der Waals surface area (Å²) in [4.78, 5) is 30.0. The Morgan fingerprint density at radius 3 is 2.84 bits per heavy atom. The highest BCUT2D eigenvalue weighted by Gasteiger charge is 2.14. The number of benzene rings is 1. The number of aliphatic hydroxyl groups excluding tert-OH is 1. The first-order chi connectivity index (χ1) is 12.0. The molecule has 0 saturated carbocycles. The zero-order chi connectivity index (χ0) is 18.4. The van der Waals surface area contributed by atoms with E-state index in [-0.39, 0.29) is 36.5 Å². The number of carboxylic acids is 1. The van der Waals surface area contributed by atoms with Gasteiger partial charge in [-0.05, 0) is 31.9 Å². The highest BCUT2D eigenvalue weighted by Crippen LogP contribution is 2.18. The van der Waals surface area contributed by atoms with Crippen LogP contribution in [0.1, 0.15) is 24.2 Å². The van der Waals surface area contributed by atoms with E-state index in [0.29, 0.717) is 23.0 Å². The quantitative estimate of drug-likeness (QED) is 0.548. The molecule has 0 amide bonds. The number of allylic oxidation sites excluding steroid dienone is 2. The van der Waals surface area contributed by atoms with Crippen LogP contribution < -0.4 is 10.9 Å². The first-order valence-electron chi connectivity index (χ1n) is 7.67. The van der Waals surface area contributed by atoms with Crippen molar-refractivity contribution in [3.63, 3.8) is 0 Å². The Hall–Kier alpha value is -3.18. The Balaban J connectivity index is 2.57. The smallest absolute Gasteiger partial charge is 0.322 e. The third-order valence-corrected chi connectivity index (χ3v) is 3.55. The molecule has 0 unspecified atom stereocenters. The van der Waals surface area contributed by atoms with Gasteiger partial charge in [0.2, 0.25) is 0 Å². The van der Waals surface area contributed by atoms with Gasteiger partial charge in [0.25, 0.3) is 5.56 Å². The number of carboxylic acid groups (broad SMARTS) is 1. The van der Waals surface area contributed by atoms with E-state index in [1.807, 2.05) is 19.1 Å². The Bertz CT molecular complexity index is 924. The van der Waals surface area contributed by atoms with E-state index in [1.165, 1.54) is 0 Å². The van der Waals surface area contributed by atoms with Gasteiger partial charge in [0.1, 0.15) is 18.2 Å². The summed E-state index contributed by atoms with van der Waals surface area (Å²) in [5.41, 5.74) is 1.34. The van der Waals surface area contributed by atoms with Crippen molar-refractivity contribution in [2.24, 2.45) is 0 Å². The van der Waals surface area contributed by atoms with Crippen LogP contribution in [0.5, 0.6) is 0 Å². The highest BCUT2D eigenvalue weighted by atomic mass is 16.4. The van der Waals surface area contributed by atoms with Crippen LogP contribution in [0.3, 0.4) is 0 Å². The predicted molar refractivity (Wildman–Crippen MR) is 91.6 cm³/mol. The number of aromatic amines is 1. The van der Waals surface area contributed by atoms with Gasteiger partial charge in [0.05, 0.1) is 10.9 Å². The zero-order valence-corrected chi connectivity index (χ0v) is 13.7. The number of hydrogen-bond acceptors (Lipinski definition) is 6. The average Bonchev–Trinajstić information content (AvgIpc) is 2.58. The molecule has 0 aliphatic heterocycles. The fraction of sp³-hybridized carbons (Fsp3) is 0.294. The van der Waals surface area contributed by atoms with Gasteiger partial charge in [0.15, 0.2) is 5.82 Å². The SMILES string of the molecule is Cc1ccc2nc(/C(C#N)=C(/CCCO)NCC(=O)O)[nH]c(=O)c2c1. The lowest BCUT2D eigenvalue weighted by Crippen LogP contribution is -2.24. The summed E-state index contributed by atoms with van der Waals surface area (Å²) in [6, 6.07) is 7.17. The van der Waals surface area contributed by atoms with E-state index in [4.69, 9.17) is 10.2 Å². The molecule has 0 saturated heterocycles. The van der Waals surface area contributed by atoms with Crippen molar-refractivity contribution in [3.05, 3.63) is 45.6 Å². The topological polar surface area (TPSA) is 139 Å². The van der Waals surface area contributed by atoms with Crippen molar-refractivity contribution >= 4 is 22.4 Å². The molecular formula is C17H18N4O4. The molecule has 0 radical (unpaired) electrons. The van der Waals surface area contributed by atoms with Crippen molar-refractivity contribution in [3.8, 4) is 6.07 Å². The largest absolute Gasteiger partial charge is 0.480 e. The lowest BCUT2D eigenvalue weighted by atomic mass is 10.1. The number of hydrogen-bond donors (Lipinski definition) is 4. The number of fused-ring (bicyclic) bond motifs is 1. The molecule has 1 heterocycles. The maximum absolute atomic E-state index is 12.3. The van der Waals surface area contributed by atoms with Gasteiger partial charge in [-0.2, -0.15) is 5.26 Å². The number of aliphatic hydroxyl groups is 1. The minimum atomic E-state index is -1.09. The molecule has 4 N–H and O–H groups in total. The highest BCUT2D eigenvalue weighted by molar-refractivity contribution is 5.82. The molecule has 0 fully saturated rings. The Labute approximate surface area is 143 Å². The van der Waals surface area contributed by atoms with Crippen LogP contribution in [0.25, 0.3) is 16.5 Å². The number of rotatable bonds is 7. The maximum Gasteiger partial charge on any atom is 0.322 e. The number of H-pyrrole nitrogens is 1. The van der Waals surface area contributed by atoms with Crippen molar-refractivity contribution in [1.29, 1.82) is 5.26 Å². The number of nitrogens with zero attached hydrogens (tertiary/aromatic N) is 2. The molecule has 130 valence electrons. The van der Waals surface area contributed by atoms with Crippen LogP contribution in [-0.4, -0.2) is 39.3 Å². The molecule has 1 aromatic carbocycles. The lowest BCUT2D eigenvalue weighted by molar-refractivity contribution is -0.135. The average molecular weight is 342 g/mol. The van der Waals surface area contributed by atoms with E-state index in [1.54, 1.807) is 12.1 Å². The van der Waals surface area contributed by atoms with E-state index < -0.39 is 5.97 Å². The fourth-order valence-electron chi connectivity index (χ4n) is 2.37. The van der Waals surface area contributed by atoms with E-state index >= 15 is 0 Å². The number of aliphatic carboxylic acids is 1. The normalized spacial score (nSPS) is 11.7. The summed E-state index contributed by atoms with van der Waals surface area (Å²) in [6.45, 7) is 1.36. The number of nitrogens with one attached hydrogen (secondary N) is 2. The van der Waals surface area contributed by atoms with Gasteiger partial charge in [-0.15, -0.1) is 0 Å². The molecule has 8 nitrogen and oxygen atoms in total. The number of carbonyl (C=O) groups is 1. The van der Waals surface area contributed by atoms with Crippen molar-refractivity contribution < 1.29 is 15.0 Å². The summed E-state index contributed by atoms with van der Waals surface area (Å²) in [7, 11) is 0. The minimum absolute atomic E-state index is 0.0503. The van der Waals surface area contributed by atoms with E-state index in [0.717, 1.165) is 5.56 Å². The maximum atomic E-state index is 12.3. The summed E-state index contributed by atoms with van der Waals surface area (Å²) in [6.07, 6.45) is 0.590.